The molecule has 2 aromatic carbocycles. The molecule has 0 spiro atoms. The SMILES string of the molecule is COc1ccc2c(c1)CC(c1nc(O)c3ccc(-c4ccncc4)cc3n1)CO2. The molecule has 6 heteroatoms. The van der Waals surface area contributed by atoms with E-state index >= 15 is 0 Å². The minimum atomic E-state index is -0.0468. The van der Waals surface area contributed by atoms with Gasteiger partial charge in [0.05, 0.1) is 30.5 Å². The Bertz CT molecular complexity index is 1190. The molecule has 0 aliphatic carbocycles. The molecule has 6 nitrogen and oxygen atoms in total. The number of methoxy groups -OCH3 is 1. The number of aromatic nitrogens is 3. The fraction of sp³-hybridized carbons (Fsp3) is 0.174. The normalized spacial score (nSPS) is 15.6. The van der Waals surface area contributed by atoms with Crippen molar-refractivity contribution >= 4 is 10.9 Å². The van der Waals surface area contributed by atoms with Gasteiger partial charge < -0.3 is 14.6 Å². The number of benzene rings is 2. The Hall–Kier alpha value is -3.67. The van der Waals surface area contributed by atoms with Gasteiger partial charge >= 0.3 is 0 Å². The van der Waals surface area contributed by atoms with Gasteiger partial charge in [-0.25, -0.2) is 4.98 Å². The van der Waals surface area contributed by atoms with E-state index in [1.165, 1.54) is 0 Å². The third kappa shape index (κ3) is 3.23. The molecule has 0 fully saturated rings. The maximum atomic E-state index is 10.5. The molecule has 1 N–H and O–H groups in total. The molecule has 29 heavy (non-hydrogen) atoms. The number of nitrogens with zero attached hydrogens (tertiary/aromatic N) is 3. The van der Waals surface area contributed by atoms with Crippen LogP contribution < -0.4 is 9.47 Å². The minimum Gasteiger partial charge on any atom is -0.497 e. The zero-order chi connectivity index (χ0) is 19.8. The van der Waals surface area contributed by atoms with Gasteiger partial charge in [0.2, 0.25) is 5.88 Å². The summed E-state index contributed by atoms with van der Waals surface area (Å²) < 4.78 is 11.2. The molecular weight excluding hydrogens is 366 g/mol. The molecule has 1 aliphatic heterocycles. The maximum absolute atomic E-state index is 10.5. The second-order valence-electron chi connectivity index (χ2n) is 7.06. The van der Waals surface area contributed by atoms with Gasteiger partial charge in [-0.1, -0.05) is 6.07 Å². The van der Waals surface area contributed by atoms with Gasteiger partial charge in [-0.15, -0.1) is 0 Å². The molecule has 0 bridgehead atoms. The van der Waals surface area contributed by atoms with Gasteiger partial charge in [-0.2, -0.15) is 4.98 Å². The smallest absolute Gasteiger partial charge is 0.222 e. The molecule has 2 aromatic heterocycles. The highest BCUT2D eigenvalue weighted by Gasteiger charge is 2.25. The van der Waals surface area contributed by atoms with Crippen molar-refractivity contribution in [2.24, 2.45) is 0 Å². The lowest BCUT2D eigenvalue weighted by Gasteiger charge is -2.25. The highest BCUT2D eigenvalue weighted by molar-refractivity contribution is 5.87. The Balaban J connectivity index is 1.53. The molecule has 1 unspecified atom stereocenters. The quantitative estimate of drug-likeness (QED) is 0.571. The summed E-state index contributed by atoms with van der Waals surface area (Å²) in [4.78, 5) is 13.2. The second kappa shape index (κ2) is 7.05. The lowest BCUT2D eigenvalue weighted by atomic mass is 9.95. The summed E-state index contributed by atoms with van der Waals surface area (Å²) in [6.45, 7) is 0.467. The Kier molecular flexibility index (Phi) is 4.24. The van der Waals surface area contributed by atoms with Crippen LogP contribution >= 0.6 is 0 Å². The van der Waals surface area contributed by atoms with Crippen LogP contribution in [0.5, 0.6) is 17.4 Å². The van der Waals surface area contributed by atoms with Gasteiger partial charge in [0, 0.05) is 12.4 Å². The van der Waals surface area contributed by atoms with E-state index in [1.54, 1.807) is 19.5 Å². The highest BCUT2D eigenvalue weighted by Crippen LogP contribution is 2.35. The van der Waals surface area contributed by atoms with Crippen LogP contribution in [0.2, 0.25) is 0 Å². The number of rotatable bonds is 3. The molecule has 1 aliphatic rings. The Morgan fingerprint density at radius 2 is 1.86 bits per heavy atom. The molecule has 3 heterocycles. The van der Waals surface area contributed by atoms with Crippen LogP contribution in [0.3, 0.4) is 0 Å². The Morgan fingerprint density at radius 3 is 2.69 bits per heavy atom. The topological polar surface area (TPSA) is 77.4 Å². The van der Waals surface area contributed by atoms with Crippen molar-refractivity contribution in [3.8, 4) is 28.5 Å². The molecule has 0 saturated carbocycles. The summed E-state index contributed by atoms with van der Waals surface area (Å²) in [6.07, 6.45) is 4.24. The third-order valence-electron chi connectivity index (χ3n) is 5.25. The van der Waals surface area contributed by atoms with E-state index in [0.717, 1.165) is 34.6 Å². The van der Waals surface area contributed by atoms with Crippen molar-refractivity contribution in [3.05, 3.63) is 72.3 Å². The first-order valence-corrected chi connectivity index (χ1v) is 9.42. The zero-order valence-electron chi connectivity index (χ0n) is 15.9. The van der Waals surface area contributed by atoms with Gasteiger partial charge in [-0.05, 0) is 65.6 Å². The van der Waals surface area contributed by atoms with E-state index < -0.39 is 0 Å². The Morgan fingerprint density at radius 1 is 1.00 bits per heavy atom. The molecule has 1 atom stereocenters. The van der Waals surface area contributed by atoms with Crippen LogP contribution in [-0.4, -0.2) is 33.8 Å². The van der Waals surface area contributed by atoms with Crippen molar-refractivity contribution in [1.29, 1.82) is 0 Å². The minimum absolute atomic E-state index is 0.0114. The van der Waals surface area contributed by atoms with Crippen molar-refractivity contribution in [3.63, 3.8) is 0 Å². The maximum Gasteiger partial charge on any atom is 0.222 e. The standard InChI is InChI=1S/C23H19N3O3/c1-28-18-3-5-21-16(11-18)10-17(13-29-21)22-25-20-12-15(14-6-8-24-9-7-14)2-4-19(20)23(27)26-22/h2-9,11-12,17H,10,13H2,1H3,(H,25,26,27). The van der Waals surface area contributed by atoms with E-state index in [2.05, 4.69) is 9.97 Å². The first-order valence-electron chi connectivity index (χ1n) is 9.42. The van der Waals surface area contributed by atoms with E-state index in [4.69, 9.17) is 14.5 Å². The number of aromatic hydroxyl groups is 1. The summed E-state index contributed by atoms with van der Waals surface area (Å²) in [5.41, 5.74) is 3.81. The van der Waals surface area contributed by atoms with E-state index in [1.807, 2.05) is 48.5 Å². The average molecular weight is 385 g/mol. The van der Waals surface area contributed by atoms with Gasteiger partial charge in [0.25, 0.3) is 0 Å². The van der Waals surface area contributed by atoms with Crippen molar-refractivity contribution < 1.29 is 14.6 Å². The average Bonchev–Trinajstić information content (AvgIpc) is 2.78. The van der Waals surface area contributed by atoms with Crippen molar-refractivity contribution in [1.82, 2.24) is 15.0 Å². The number of hydrogen-bond donors (Lipinski definition) is 1. The molecule has 0 saturated heterocycles. The van der Waals surface area contributed by atoms with Gasteiger partial charge in [0.15, 0.2) is 0 Å². The molecule has 0 radical (unpaired) electrons. The predicted molar refractivity (Wildman–Crippen MR) is 109 cm³/mol. The molecule has 144 valence electrons. The van der Waals surface area contributed by atoms with Crippen molar-refractivity contribution in [2.45, 2.75) is 12.3 Å². The first kappa shape index (κ1) is 17.4. The summed E-state index contributed by atoms with van der Waals surface area (Å²) in [5.74, 6) is 2.16. The van der Waals surface area contributed by atoms with Crippen LogP contribution in [0.25, 0.3) is 22.0 Å². The lowest BCUT2D eigenvalue weighted by molar-refractivity contribution is 0.256. The van der Waals surface area contributed by atoms with Crippen LogP contribution in [-0.2, 0) is 6.42 Å². The molecule has 5 rings (SSSR count). The van der Waals surface area contributed by atoms with Crippen LogP contribution in [0.15, 0.2) is 60.9 Å². The van der Waals surface area contributed by atoms with E-state index in [-0.39, 0.29) is 11.8 Å². The van der Waals surface area contributed by atoms with Gasteiger partial charge in [-0.3, -0.25) is 4.98 Å². The molecule has 4 aromatic rings. The number of fused-ring (bicyclic) bond motifs is 2. The molecule has 0 amide bonds. The molecular formula is C23H19N3O3. The Labute approximate surface area is 167 Å². The highest BCUT2D eigenvalue weighted by atomic mass is 16.5. The van der Waals surface area contributed by atoms with Crippen LogP contribution in [0, 0.1) is 0 Å². The monoisotopic (exact) mass is 385 g/mol. The number of pyridine rings is 1. The summed E-state index contributed by atoms with van der Waals surface area (Å²) in [6, 6.07) is 15.4. The van der Waals surface area contributed by atoms with Crippen molar-refractivity contribution in [2.75, 3.05) is 13.7 Å². The predicted octanol–water partition coefficient (Wildman–Crippen LogP) is 4.12. The lowest BCUT2D eigenvalue weighted by Crippen LogP contribution is -2.21. The third-order valence-corrected chi connectivity index (χ3v) is 5.25. The van der Waals surface area contributed by atoms with Crippen LogP contribution in [0.4, 0.5) is 0 Å². The zero-order valence-corrected chi connectivity index (χ0v) is 15.9. The summed E-state index contributed by atoms with van der Waals surface area (Å²) in [7, 11) is 1.65. The first-order chi connectivity index (χ1) is 14.2. The second-order valence-corrected chi connectivity index (χ2v) is 7.06. The summed E-state index contributed by atoms with van der Waals surface area (Å²) in [5, 5.41) is 11.1. The fourth-order valence-electron chi connectivity index (χ4n) is 3.70. The van der Waals surface area contributed by atoms with Crippen LogP contribution in [0.1, 0.15) is 17.3 Å². The van der Waals surface area contributed by atoms with Gasteiger partial charge in [0.1, 0.15) is 17.3 Å². The fourth-order valence-corrected chi connectivity index (χ4v) is 3.70. The van der Waals surface area contributed by atoms with E-state index in [0.29, 0.717) is 23.3 Å². The summed E-state index contributed by atoms with van der Waals surface area (Å²) >= 11 is 0. The van der Waals surface area contributed by atoms with E-state index in [9.17, 15) is 5.11 Å². The number of ether oxygens (including phenoxy) is 2. The number of hydrogen-bond acceptors (Lipinski definition) is 6. The largest absolute Gasteiger partial charge is 0.497 e.